The zero-order valence-electron chi connectivity index (χ0n) is 55.3. The Morgan fingerprint density at radius 1 is 0.149 bits per heavy atom. The molecule has 0 heterocycles. The molecule has 0 atom stereocenters. The molecule has 0 radical (unpaired) electrons. The molecule has 0 unspecified atom stereocenters. The van der Waals surface area contributed by atoms with Crippen molar-refractivity contribution in [1.29, 1.82) is 0 Å². The Morgan fingerprint density at radius 2 is 0.189 bits per heavy atom. The van der Waals surface area contributed by atoms with Gasteiger partial charge in [-0.3, -0.25) is 0 Å². The molecule has 0 saturated carbocycles. The Hall–Kier alpha value is 0.0200. The van der Waals surface area contributed by atoms with Crippen LogP contribution in [0.25, 0.3) is 0 Å². The van der Waals surface area contributed by atoms with Crippen LogP contribution in [0.2, 0.25) is 0 Å². The third kappa shape index (κ3) is 151. The summed E-state index contributed by atoms with van der Waals surface area (Å²) in [4.78, 5) is 14.2. The first-order chi connectivity index (χ1) is 36.1. The summed E-state index contributed by atoms with van der Waals surface area (Å²) in [5, 5.41) is 0. The average Bonchev–Trinajstić information content (AvgIpc) is 3.40. The number of rotatable bonds is 49. The summed E-state index contributed by atoms with van der Waals surface area (Å²) in [7, 11) is -2.87. The Balaban J connectivity index is -0.000000113. The molecule has 0 rings (SSSR count). The van der Waals surface area contributed by atoms with Crippen molar-refractivity contribution in [3.63, 3.8) is 0 Å². The van der Waals surface area contributed by atoms with Crippen LogP contribution in [0.5, 0.6) is 0 Å². The summed E-state index contributed by atoms with van der Waals surface area (Å²) in [5.41, 5.74) is 0. The van der Waals surface area contributed by atoms with E-state index in [1.807, 2.05) is 0 Å². The van der Waals surface area contributed by atoms with Gasteiger partial charge in [-0.1, -0.05) is 456 Å². The molecule has 0 amide bonds. The van der Waals surface area contributed by atoms with Crippen LogP contribution in [0.1, 0.15) is 456 Å². The summed E-state index contributed by atoms with van der Waals surface area (Å²) in [6, 6.07) is 0. The zero-order chi connectivity index (χ0) is 57.2. The predicted molar refractivity (Wildman–Crippen MR) is 350 cm³/mol. The van der Waals surface area contributed by atoms with Crippen molar-refractivity contribution in [2.75, 3.05) is 0 Å². The van der Waals surface area contributed by atoms with E-state index in [1.54, 1.807) is 0 Å². The smallest absolute Gasteiger partial charge is 0.134 e. The van der Waals surface area contributed by atoms with Crippen LogP contribution in [0.4, 0.5) is 0 Å². The van der Waals surface area contributed by atoms with Gasteiger partial charge in [0.25, 0.3) is 0 Å². The molecule has 0 aliphatic rings. The van der Waals surface area contributed by atoms with Crippen molar-refractivity contribution in [1.82, 2.24) is 0 Å². The lowest BCUT2D eigenvalue weighted by Gasteiger charge is -1.97. The van der Waals surface area contributed by atoms with Crippen molar-refractivity contribution >= 4 is 8.25 Å². The van der Waals surface area contributed by atoms with Crippen LogP contribution >= 0.6 is 8.25 Å². The van der Waals surface area contributed by atoms with Crippen molar-refractivity contribution in [2.24, 2.45) is 0 Å². The molecule has 0 bridgehead atoms. The lowest BCUT2D eigenvalue weighted by molar-refractivity contribution is 0.405. The van der Waals surface area contributed by atoms with Gasteiger partial charge in [-0.05, 0) is 0 Å². The highest BCUT2D eigenvalue weighted by Gasteiger charge is 1.94. The monoisotopic (exact) mass is 1080 g/mol. The Morgan fingerprint density at radius 3 is 0.230 bits per heavy atom. The van der Waals surface area contributed by atoms with Crippen LogP contribution in [0, 0.1) is 0 Å². The van der Waals surface area contributed by atoms with Crippen molar-refractivity contribution in [3.8, 4) is 0 Å². The Bertz CT molecular complexity index is 543. The van der Waals surface area contributed by atoms with Crippen molar-refractivity contribution in [2.45, 2.75) is 456 Å². The molecular weight excluding hydrogens is 920 g/mol. The first-order valence-corrected chi connectivity index (χ1v) is 36.1. The maximum absolute atomic E-state index is 8.70. The van der Waals surface area contributed by atoms with Crippen LogP contribution < -0.4 is 0 Å². The fraction of sp³-hybridized carbons (Fsp3) is 1.00. The minimum absolute atomic E-state index is 1.37. The second kappa shape index (κ2) is 109. The third-order valence-corrected chi connectivity index (χ3v) is 13.7. The summed E-state index contributed by atoms with van der Waals surface area (Å²) in [6.07, 6.45) is 80.2. The molecule has 4 heteroatoms. The van der Waals surface area contributed by atoms with E-state index in [-0.39, 0.29) is 0 Å². The van der Waals surface area contributed by atoms with E-state index >= 15 is 0 Å². The molecule has 0 aromatic carbocycles. The third-order valence-electron chi connectivity index (χ3n) is 13.7. The normalized spacial score (nSPS) is 10.0. The van der Waals surface area contributed by atoms with Gasteiger partial charge in [0.1, 0.15) is 0 Å². The summed E-state index contributed by atoms with van der Waals surface area (Å²) in [5.74, 6) is 0. The fourth-order valence-corrected chi connectivity index (χ4v) is 8.45. The van der Waals surface area contributed by atoms with Crippen LogP contribution in [-0.4, -0.2) is 9.79 Å². The van der Waals surface area contributed by atoms with E-state index in [2.05, 4.69) is 96.9 Å². The molecule has 458 valence electrons. The van der Waals surface area contributed by atoms with Crippen LogP contribution in [0.3, 0.4) is 0 Å². The van der Waals surface area contributed by atoms with E-state index in [1.165, 1.54) is 360 Å². The van der Waals surface area contributed by atoms with Crippen LogP contribution in [0.15, 0.2) is 0 Å². The first kappa shape index (κ1) is 90.5. The molecule has 0 fully saturated rings. The number of unbranched alkanes of at least 4 members (excludes halogenated alkanes) is 49. The zero-order valence-corrected chi connectivity index (χ0v) is 56.2. The van der Waals surface area contributed by atoms with Gasteiger partial charge < -0.3 is 0 Å². The van der Waals surface area contributed by atoms with Gasteiger partial charge in [0.05, 0.1) is 0 Å². The highest BCUT2D eigenvalue weighted by Crippen LogP contribution is 2.12. The molecule has 0 spiro atoms. The first-order valence-electron chi connectivity index (χ1n) is 35.0. The molecule has 0 aromatic rings. The quantitative estimate of drug-likeness (QED) is 0.0472. The van der Waals surface area contributed by atoms with Crippen molar-refractivity contribution in [3.05, 3.63) is 0 Å². The highest BCUT2D eigenvalue weighted by molar-refractivity contribution is 7.30. The van der Waals surface area contributed by atoms with Gasteiger partial charge >= 0.3 is 8.25 Å². The molecule has 0 aliphatic heterocycles. The van der Waals surface area contributed by atoms with E-state index in [0.29, 0.717) is 0 Å². The summed E-state index contributed by atoms with van der Waals surface area (Å²) in [6.45, 7) is 31.8. The molecule has 0 aliphatic carbocycles. The minimum Gasteiger partial charge on any atom is -0.134 e. The van der Waals surface area contributed by atoms with Crippen LogP contribution in [-0.2, 0) is 4.57 Å². The molecule has 2 N–H and O–H groups in total. The average molecular weight is 1080 g/mol. The lowest BCUT2D eigenvalue weighted by atomic mass is 10.1. The van der Waals surface area contributed by atoms with Gasteiger partial charge in [-0.15, -0.1) is 9.79 Å². The SMILES string of the molecule is CCCCCCCCCC.CCCCCCCCCC.CCCCCCCCCC.CCCCCCCCCC.CCCCCCCCCC.CCCCCCCCCC.CCCCCCCCCC.O=[P+](O)O. The second-order valence-corrected chi connectivity index (χ2v) is 22.6. The number of hydrogen-bond donors (Lipinski definition) is 2. The maximum atomic E-state index is 8.70. The van der Waals surface area contributed by atoms with E-state index in [9.17, 15) is 0 Å². The second-order valence-electron chi connectivity index (χ2n) is 22.1. The van der Waals surface area contributed by atoms with Gasteiger partial charge in [0.2, 0.25) is 0 Å². The van der Waals surface area contributed by atoms with E-state index in [0.717, 1.165) is 0 Å². The topological polar surface area (TPSA) is 57.5 Å². The van der Waals surface area contributed by atoms with Gasteiger partial charge in [-0.25, -0.2) is 0 Å². The standard InChI is InChI=1S/7C10H22.HO3P/c7*1-3-5-7-9-10-8-6-4-2;1-4(2)3/h7*3-10H2,1-2H3;(H-,1,2,3)/p+1. The highest BCUT2D eigenvalue weighted by atomic mass is 31.1. The van der Waals surface area contributed by atoms with E-state index in [4.69, 9.17) is 14.4 Å². The number of hydrogen-bond acceptors (Lipinski definition) is 1. The van der Waals surface area contributed by atoms with Gasteiger partial charge in [-0.2, -0.15) is 0 Å². The Labute approximate surface area is 476 Å². The summed E-state index contributed by atoms with van der Waals surface area (Å²) < 4.78 is 8.70. The molecular formula is C70H156O3P+. The summed E-state index contributed by atoms with van der Waals surface area (Å²) >= 11 is 0. The minimum atomic E-state index is -2.87. The molecule has 3 nitrogen and oxygen atoms in total. The molecule has 0 saturated heterocycles. The largest absolute Gasteiger partial charge is 0.692 e. The van der Waals surface area contributed by atoms with E-state index < -0.39 is 8.25 Å². The maximum Gasteiger partial charge on any atom is 0.692 e. The lowest BCUT2D eigenvalue weighted by Crippen LogP contribution is -1.77. The fourth-order valence-electron chi connectivity index (χ4n) is 8.45. The Kier molecular flexibility index (Phi) is 133. The predicted octanol–water partition coefficient (Wildman–Crippen LogP) is 28.7. The molecule has 0 aromatic heterocycles. The van der Waals surface area contributed by atoms with Gasteiger partial charge in [0.15, 0.2) is 0 Å². The van der Waals surface area contributed by atoms with Gasteiger partial charge in [0, 0.05) is 4.57 Å². The van der Waals surface area contributed by atoms with Crippen molar-refractivity contribution < 1.29 is 14.4 Å². The molecule has 74 heavy (non-hydrogen) atoms.